The van der Waals surface area contributed by atoms with Crippen molar-refractivity contribution in [3.8, 4) is 11.1 Å². The van der Waals surface area contributed by atoms with E-state index in [9.17, 15) is 27.6 Å². The van der Waals surface area contributed by atoms with E-state index in [2.05, 4.69) is 25.1 Å². The zero-order chi connectivity index (χ0) is 41.7. The molecule has 60 heavy (non-hydrogen) atoms. The number of ether oxygens (including phenoxy) is 1. The number of alkyl halides is 3. The summed E-state index contributed by atoms with van der Waals surface area (Å²) in [6, 6.07) is 13.1. The highest BCUT2D eigenvalue weighted by Crippen LogP contribution is 2.38. The van der Waals surface area contributed by atoms with Crippen molar-refractivity contribution in [2.45, 2.75) is 64.1 Å². The number of anilines is 1. The first kappa shape index (κ1) is 40.7. The summed E-state index contributed by atoms with van der Waals surface area (Å²) in [6.07, 6.45) is 0.751. The number of benzene rings is 2. The Balaban J connectivity index is 0.771. The standard InChI is InChI=1S/C43H51F3N8O6/c1-27-20-32(26-49(2)40(27)55)31-6-7-34-36(21-31)53(17-19-58-43(44,45)46)39(47-34)30-10-15-51(16-11-30)22-28-8-13-50(14-9-28)23-29-24-52(25-29)35-5-3-4-33-38(35)42(57)54(41(33)56)37-12-18-59-48-60-37/h3-7,20-21,26,28-30,37,48H,8-19,22-25H2,1-2H3. The van der Waals surface area contributed by atoms with Crippen LogP contribution in [0.4, 0.5) is 18.9 Å². The van der Waals surface area contributed by atoms with Crippen molar-refractivity contribution in [1.82, 2.24) is 34.5 Å². The van der Waals surface area contributed by atoms with Gasteiger partial charge in [0.25, 0.3) is 17.4 Å². The molecule has 17 heteroatoms. The zero-order valence-electron chi connectivity index (χ0n) is 34.0. The average Bonchev–Trinajstić information content (AvgIpc) is 3.71. The molecule has 4 aromatic rings. The highest BCUT2D eigenvalue weighted by Gasteiger charge is 2.45. The number of carbonyl (C=O) groups is 2. The van der Waals surface area contributed by atoms with Crippen LogP contribution in [0.15, 0.2) is 53.5 Å². The van der Waals surface area contributed by atoms with Gasteiger partial charge in [-0.05, 0) is 106 Å². The molecule has 1 unspecified atom stereocenters. The minimum Gasteiger partial charge on any atom is -0.370 e. The Morgan fingerprint density at radius 3 is 2.32 bits per heavy atom. The molecule has 5 aliphatic heterocycles. The molecule has 4 saturated heterocycles. The molecule has 14 nitrogen and oxygen atoms in total. The Hall–Kier alpha value is -4.65. The number of rotatable bonds is 11. The van der Waals surface area contributed by atoms with Crippen molar-refractivity contribution in [1.29, 1.82) is 0 Å². The van der Waals surface area contributed by atoms with Crippen LogP contribution in [0.1, 0.15) is 70.1 Å². The van der Waals surface area contributed by atoms with E-state index in [1.54, 1.807) is 30.8 Å². The van der Waals surface area contributed by atoms with Crippen molar-refractivity contribution < 1.29 is 37.2 Å². The van der Waals surface area contributed by atoms with Gasteiger partial charge >= 0.3 is 6.36 Å². The number of aromatic nitrogens is 3. The van der Waals surface area contributed by atoms with E-state index in [-0.39, 0.29) is 29.8 Å². The van der Waals surface area contributed by atoms with Gasteiger partial charge in [-0.2, -0.15) is 0 Å². The molecule has 7 heterocycles. The number of aryl methyl sites for hydroxylation is 2. The maximum absolute atomic E-state index is 13.5. The van der Waals surface area contributed by atoms with Crippen LogP contribution in [0.3, 0.4) is 0 Å². The van der Waals surface area contributed by atoms with Crippen molar-refractivity contribution in [3.05, 3.63) is 81.5 Å². The molecule has 1 N–H and O–H groups in total. The van der Waals surface area contributed by atoms with Crippen LogP contribution in [0.5, 0.6) is 0 Å². The molecule has 320 valence electrons. The number of piperidine rings is 2. The molecule has 0 spiro atoms. The largest absolute Gasteiger partial charge is 0.522 e. The number of likely N-dealkylation sites (tertiary alicyclic amines) is 2. The second-order valence-corrected chi connectivity index (χ2v) is 17.0. The highest BCUT2D eigenvalue weighted by atomic mass is 19.4. The van der Waals surface area contributed by atoms with E-state index in [1.165, 1.54) is 4.90 Å². The van der Waals surface area contributed by atoms with Gasteiger partial charge in [-0.15, -0.1) is 13.2 Å². The average molecular weight is 833 g/mol. The summed E-state index contributed by atoms with van der Waals surface area (Å²) in [5.74, 6) is 1.33. The summed E-state index contributed by atoms with van der Waals surface area (Å²) in [4.78, 5) is 62.8. The van der Waals surface area contributed by atoms with Crippen LogP contribution in [-0.4, -0.2) is 119 Å². The molecule has 4 fully saturated rings. The van der Waals surface area contributed by atoms with Crippen LogP contribution >= 0.6 is 0 Å². The van der Waals surface area contributed by atoms with Crippen molar-refractivity contribution in [2.24, 2.45) is 18.9 Å². The molecule has 2 aromatic carbocycles. The van der Waals surface area contributed by atoms with Gasteiger partial charge in [0.15, 0.2) is 6.23 Å². The first-order chi connectivity index (χ1) is 28.9. The number of amides is 2. The summed E-state index contributed by atoms with van der Waals surface area (Å²) in [5, 5.41) is 0. The fraction of sp³-hybridized carbons (Fsp3) is 0.535. The maximum atomic E-state index is 13.5. The van der Waals surface area contributed by atoms with Gasteiger partial charge in [-0.1, -0.05) is 17.8 Å². The Kier molecular flexibility index (Phi) is 11.3. The zero-order valence-corrected chi connectivity index (χ0v) is 34.0. The summed E-state index contributed by atoms with van der Waals surface area (Å²) in [6.45, 7) is 9.23. The molecular weight excluding hydrogens is 782 g/mol. The Bertz CT molecular complexity index is 2280. The van der Waals surface area contributed by atoms with Gasteiger partial charge in [0.05, 0.1) is 41.1 Å². The summed E-state index contributed by atoms with van der Waals surface area (Å²) in [5.41, 5.74) is 7.75. The highest BCUT2D eigenvalue weighted by molar-refractivity contribution is 6.24. The number of hydrogen-bond acceptors (Lipinski definition) is 11. The predicted molar refractivity (Wildman–Crippen MR) is 216 cm³/mol. The third kappa shape index (κ3) is 8.22. The first-order valence-corrected chi connectivity index (χ1v) is 21.0. The minimum absolute atomic E-state index is 0.0250. The third-order valence-electron chi connectivity index (χ3n) is 13.0. The topological polar surface area (TPSA) is 127 Å². The van der Waals surface area contributed by atoms with Gasteiger partial charge < -0.3 is 23.8 Å². The summed E-state index contributed by atoms with van der Waals surface area (Å²) >= 11 is 0. The smallest absolute Gasteiger partial charge is 0.370 e. The molecule has 0 saturated carbocycles. The van der Waals surface area contributed by atoms with Crippen LogP contribution in [0.2, 0.25) is 0 Å². The number of fused-ring (bicyclic) bond motifs is 2. The van der Waals surface area contributed by atoms with E-state index in [0.29, 0.717) is 41.6 Å². The Morgan fingerprint density at radius 1 is 0.883 bits per heavy atom. The van der Waals surface area contributed by atoms with Crippen LogP contribution in [0.25, 0.3) is 22.2 Å². The molecule has 9 rings (SSSR count). The Morgan fingerprint density at radius 2 is 1.62 bits per heavy atom. The lowest BCUT2D eigenvalue weighted by molar-refractivity contribution is -0.325. The number of carbonyl (C=O) groups excluding carboxylic acids is 2. The predicted octanol–water partition coefficient (Wildman–Crippen LogP) is 5.05. The number of halogens is 3. The molecule has 1 atom stereocenters. The number of pyridine rings is 1. The van der Waals surface area contributed by atoms with Crippen molar-refractivity contribution in [3.63, 3.8) is 0 Å². The molecule has 5 aliphatic rings. The fourth-order valence-electron chi connectivity index (χ4n) is 9.84. The van der Waals surface area contributed by atoms with Crippen molar-refractivity contribution in [2.75, 3.05) is 70.5 Å². The molecule has 2 aromatic heterocycles. The number of nitrogens with one attached hydrogen (secondary N) is 1. The van der Waals surface area contributed by atoms with Gasteiger partial charge in [0.2, 0.25) is 0 Å². The lowest BCUT2D eigenvalue weighted by atomic mass is 9.91. The monoisotopic (exact) mass is 832 g/mol. The van der Waals surface area contributed by atoms with Gasteiger partial charge in [-0.25, -0.2) is 9.88 Å². The summed E-state index contributed by atoms with van der Waals surface area (Å²) in [7, 11) is 1.71. The van der Waals surface area contributed by atoms with Crippen molar-refractivity contribution >= 4 is 28.5 Å². The quantitative estimate of drug-likeness (QED) is 0.204. The Labute approximate surface area is 345 Å². The van der Waals surface area contributed by atoms with E-state index >= 15 is 0 Å². The lowest BCUT2D eigenvalue weighted by Crippen LogP contribution is -2.53. The number of imide groups is 1. The van der Waals surface area contributed by atoms with E-state index in [4.69, 9.17) is 14.7 Å². The van der Waals surface area contributed by atoms with Crippen LogP contribution in [0, 0.1) is 18.8 Å². The molecular formula is C43H51F3N8O6. The van der Waals surface area contributed by atoms with Crippen LogP contribution < -0.4 is 16.1 Å². The second-order valence-electron chi connectivity index (χ2n) is 17.0. The molecule has 0 radical (unpaired) electrons. The van der Waals surface area contributed by atoms with E-state index < -0.39 is 19.2 Å². The fourth-order valence-corrected chi connectivity index (χ4v) is 9.84. The summed E-state index contributed by atoms with van der Waals surface area (Å²) < 4.78 is 46.8. The van der Waals surface area contributed by atoms with E-state index in [0.717, 1.165) is 112 Å². The second kappa shape index (κ2) is 16.7. The lowest BCUT2D eigenvalue weighted by Gasteiger charge is -2.45. The first-order valence-electron chi connectivity index (χ1n) is 21.0. The van der Waals surface area contributed by atoms with Gasteiger partial charge in [0, 0.05) is 69.8 Å². The SMILES string of the molecule is Cc1cc(-c2ccc3nc(C4CCN(CC5CCN(CC6CN(c7cccc8c7C(=O)N(C7CCONO7)C8=O)C6)CC5)CC4)n(CCOC(F)(F)F)c3c2)cn(C)c1=O. The van der Waals surface area contributed by atoms with Crippen LogP contribution in [-0.2, 0) is 28.0 Å². The molecule has 2 amide bonds. The number of hydrogen-bond donors (Lipinski definition) is 1. The third-order valence-corrected chi connectivity index (χ3v) is 13.0. The number of imidazole rings is 1. The normalized spacial score (nSPS) is 21.6. The van der Waals surface area contributed by atoms with Gasteiger partial charge in [-0.3, -0.25) is 28.8 Å². The maximum Gasteiger partial charge on any atom is 0.522 e. The van der Waals surface area contributed by atoms with E-state index in [1.807, 2.05) is 41.0 Å². The molecule has 0 bridgehead atoms. The van der Waals surface area contributed by atoms with Gasteiger partial charge in [0.1, 0.15) is 5.82 Å². The minimum atomic E-state index is -4.72. The molecule has 0 aliphatic carbocycles. The number of nitrogens with zero attached hydrogens (tertiary/aromatic N) is 7.